The van der Waals surface area contributed by atoms with E-state index in [1.165, 1.54) is 27.1 Å². The molecule has 2 aromatic carbocycles. The third-order valence-electron chi connectivity index (χ3n) is 4.44. The largest absolute Gasteiger partial charge is 0.337 e. The Balaban J connectivity index is 1.70. The predicted molar refractivity (Wildman–Crippen MR) is 96.8 cm³/mol. The van der Waals surface area contributed by atoms with E-state index in [1.54, 1.807) is 11.8 Å². The second-order valence-corrected chi connectivity index (χ2v) is 7.69. The Morgan fingerprint density at radius 1 is 1.13 bits per heavy atom. The standard InChI is InChI=1S/C20H23NOS/c1-14-8-9-15(2)19(12-14)23-16(3)20(22)21-11-10-17-6-4-5-7-18(17)13-21/h4-9,12,16H,10-11,13H2,1-3H3/t16-/m0/s1. The molecule has 0 aromatic heterocycles. The van der Waals surface area contributed by atoms with E-state index in [1.807, 2.05) is 11.8 Å². The molecule has 1 atom stereocenters. The van der Waals surface area contributed by atoms with Gasteiger partial charge in [0.15, 0.2) is 0 Å². The van der Waals surface area contributed by atoms with Crippen LogP contribution in [-0.4, -0.2) is 22.6 Å². The molecule has 1 aliphatic rings. The van der Waals surface area contributed by atoms with Gasteiger partial charge in [0, 0.05) is 18.0 Å². The maximum absolute atomic E-state index is 12.8. The molecule has 3 rings (SSSR count). The summed E-state index contributed by atoms with van der Waals surface area (Å²) in [6.45, 7) is 7.79. The summed E-state index contributed by atoms with van der Waals surface area (Å²) in [5.41, 5.74) is 5.15. The minimum atomic E-state index is -0.0548. The minimum absolute atomic E-state index is 0.0548. The predicted octanol–water partition coefficient (Wildman–Crippen LogP) is 4.37. The first-order valence-corrected chi connectivity index (χ1v) is 9.02. The van der Waals surface area contributed by atoms with Crippen LogP contribution >= 0.6 is 11.8 Å². The maximum Gasteiger partial charge on any atom is 0.236 e. The molecule has 0 spiro atoms. The van der Waals surface area contributed by atoms with Gasteiger partial charge in [-0.25, -0.2) is 0 Å². The minimum Gasteiger partial charge on any atom is -0.337 e. The summed E-state index contributed by atoms with van der Waals surface area (Å²) in [7, 11) is 0. The Morgan fingerprint density at radius 3 is 2.65 bits per heavy atom. The van der Waals surface area contributed by atoms with Crippen LogP contribution in [0.5, 0.6) is 0 Å². The van der Waals surface area contributed by atoms with Gasteiger partial charge >= 0.3 is 0 Å². The van der Waals surface area contributed by atoms with Crippen molar-refractivity contribution in [1.82, 2.24) is 4.90 Å². The highest BCUT2D eigenvalue weighted by Crippen LogP contribution is 2.29. The molecule has 0 saturated carbocycles. The van der Waals surface area contributed by atoms with E-state index >= 15 is 0 Å². The number of thioether (sulfide) groups is 1. The van der Waals surface area contributed by atoms with Gasteiger partial charge < -0.3 is 4.90 Å². The monoisotopic (exact) mass is 325 g/mol. The van der Waals surface area contributed by atoms with Gasteiger partial charge in [-0.3, -0.25) is 4.79 Å². The number of benzene rings is 2. The number of hydrogen-bond donors (Lipinski definition) is 0. The molecule has 0 saturated heterocycles. The number of fused-ring (bicyclic) bond motifs is 1. The molecular weight excluding hydrogens is 302 g/mol. The average Bonchev–Trinajstić information content (AvgIpc) is 2.57. The van der Waals surface area contributed by atoms with Crippen molar-refractivity contribution in [2.45, 2.75) is 43.9 Å². The zero-order valence-corrected chi connectivity index (χ0v) is 14.8. The quantitative estimate of drug-likeness (QED) is 0.781. The molecule has 0 bridgehead atoms. The zero-order chi connectivity index (χ0) is 16.4. The number of hydrogen-bond acceptors (Lipinski definition) is 2. The Bertz CT molecular complexity index is 725. The highest BCUT2D eigenvalue weighted by Gasteiger charge is 2.25. The smallest absolute Gasteiger partial charge is 0.236 e. The molecule has 2 aromatic rings. The topological polar surface area (TPSA) is 20.3 Å². The van der Waals surface area contributed by atoms with Crippen molar-refractivity contribution >= 4 is 17.7 Å². The van der Waals surface area contributed by atoms with Crippen LogP contribution in [0.25, 0.3) is 0 Å². The number of carbonyl (C=O) groups is 1. The molecule has 0 N–H and O–H groups in total. The summed E-state index contributed by atoms with van der Waals surface area (Å²) in [5, 5.41) is -0.0548. The van der Waals surface area contributed by atoms with Crippen molar-refractivity contribution < 1.29 is 4.79 Å². The molecular formula is C20H23NOS. The molecule has 0 aliphatic carbocycles. The van der Waals surface area contributed by atoms with E-state index in [0.29, 0.717) is 0 Å². The van der Waals surface area contributed by atoms with E-state index in [9.17, 15) is 4.79 Å². The van der Waals surface area contributed by atoms with Crippen molar-refractivity contribution in [2.75, 3.05) is 6.54 Å². The fourth-order valence-corrected chi connectivity index (χ4v) is 4.15. The van der Waals surface area contributed by atoms with Crippen molar-refractivity contribution in [3.63, 3.8) is 0 Å². The van der Waals surface area contributed by atoms with Gasteiger partial charge in [0.1, 0.15) is 0 Å². The first kappa shape index (κ1) is 16.1. The first-order chi connectivity index (χ1) is 11.0. The molecule has 120 valence electrons. The SMILES string of the molecule is Cc1ccc(C)c(S[C@@H](C)C(=O)N2CCc3ccccc3C2)c1. The lowest BCUT2D eigenvalue weighted by molar-refractivity contribution is -0.131. The number of carbonyl (C=O) groups excluding carboxylic acids is 1. The molecule has 2 nitrogen and oxygen atoms in total. The van der Waals surface area contributed by atoms with Crippen LogP contribution in [0.15, 0.2) is 47.4 Å². The summed E-state index contributed by atoms with van der Waals surface area (Å²) in [5.74, 6) is 0.241. The highest BCUT2D eigenvalue weighted by atomic mass is 32.2. The van der Waals surface area contributed by atoms with Crippen molar-refractivity contribution in [2.24, 2.45) is 0 Å². The van der Waals surface area contributed by atoms with Crippen molar-refractivity contribution in [1.29, 1.82) is 0 Å². The second-order valence-electron chi connectivity index (χ2n) is 6.31. The van der Waals surface area contributed by atoms with Crippen molar-refractivity contribution in [3.05, 3.63) is 64.7 Å². The Morgan fingerprint density at radius 2 is 1.87 bits per heavy atom. The van der Waals surface area contributed by atoms with E-state index in [2.05, 4.69) is 56.3 Å². The van der Waals surface area contributed by atoms with Crippen LogP contribution in [0.3, 0.4) is 0 Å². The van der Waals surface area contributed by atoms with Gasteiger partial charge in [-0.05, 0) is 49.9 Å². The molecule has 3 heteroatoms. The van der Waals surface area contributed by atoms with E-state index in [0.717, 1.165) is 19.5 Å². The third-order valence-corrected chi connectivity index (χ3v) is 5.69. The van der Waals surface area contributed by atoms with E-state index in [4.69, 9.17) is 0 Å². The van der Waals surface area contributed by atoms with Crippen LogP contribution in [0.2, 0.25) is 0 Å². The number of aryl methyl sites for hydroxylation is 2. The molecule has 0 unspecified atom stereocenters. The molecule has 23 heavy (non-hydrogen) atoms. The molecule has 1 amide bonds. The number of amides is 1. The van der Waals surface area contributed by atoms with Gasteiger partial charge in [0.25, 0.3) is 0 Å². The second kappa shape index (κ2) is 6.79. The summed E-state index contributed by atoms with van der Waals surface area (Å²) in [6.07, 6.45) is 0.961. The number of nitrogens with zero attached hydrogens (tertiary/aromatic N) is 1. The fraction of sp³-hybridized carbons (Fsp3) is 0.350. The first-order valence-electron chi connectivity index (χ1n) is 8.14. The van der Waals surface area contributed by atoms with Gasteiger partial charge in [-0.1, -0.05) is 42.0 Å². The van der Waals surface area contributed by atoms with Crippen LogP contribution in [0.1, 0.15) is 29.2 Å². The maximum atomic E-state index is 12.8. The lowest BCUT2D eigenvalue weighted by atomic mass is 10.00. The summed E-state index contributed by atoms with van der Waals surface area (Å²) < 4.78 is 0. The van der Waals surface area contributed by atoms with Gasteiger partial charge in [0.2, 0.25) is 5.91 Å². The Hall–Kier alpha value is -1.74. The molecule has 1 aliphatic heterocycles. The van der Waals surface area contributed by atoms with Crippen LogP contribution in [0, 0.1) is 13.8 Å². The van der Waals surface area contributed by atoms with Crippen LogP contribution in [0.4, 0.5) is 0 Å². The molecule has 0 fully saturated rings. The van der Waals surface area contributed by atoms with Gasteiger partial charge in [-0.15, -0.1) is 11.8 Å². The average molecular weight is 325 g/mol. The summed E-state index contributed by atoms with van der Waals surface area (Å²) in [4.78, 5) is 16.0. The normalized spacial score (nSPS) is 15.2. The van der Waals surface area contributed by atoms with Gasteiger partial charge in [0.05, 0.1) is 5.25 Å². The van der Waals surface area contributed by atoms with E-state index < -0.39 is 0 Å². The highest BCUT2D eigenvalue weighted by molar-refractivity contribution is 8.00. The summed E-state index contributed by atoms with van der Waals surface area (Å²) >= 11 is 1.68. The lowest BCUT2D eigenvalue weighted by Gasteiger charge is -2.31. The Labute approximate surface area is 142 Å². The zero-order valence-electron chi connectivity index (χ0n) is 14.0. The van der Waals surface area contributed by atoms with Crippen molar-refractivity contribution in [3.8, 4) is 0 Å². The Kier molecular flexibility index (Phi) is 4.76. The van der Waals surface area contributed by atoms with Gasteiger partial charge in [-0.2, -0.15) is 0 Å². The van der Waals surface area contributed by atoms with Crippen LogP contribution < -0.4 is 0 Å². The lowest BCUT2D eigenvalue weighted by Crippen LogP contribution is -2.40. The fourth-order valence-electron chi connectivity index (χ4n) is 3.02. The number of rotatable bonds is 3. The van der Waals surface area contributed by atoms with E-state index in [-0.39, 0.29) is 11.2 Å². The molecule has 0 radical (unpaired) electrons. The molecule has 1 heterocycles. The summed E-state index contributed by atoms with van der Waals surface area (Å²) in [6, 6.07) is 14.9. The van der Waals surface area contributed by atoms with Crippen LogP contribution in [-0.2, 0) is 17.8 Å². The third kappa shape index (κ3) is 3.61.